The van der Waals surface area contributed by atoms with Gasteiger partial charge in [-0.1, -0.05) is 6.92 Å². The third kappa shape index (κ3) is 5.48. The lowest BCUT2D eigenvalue weighted by molar-refractivity contribution is 0.552. The summed E-state index contributed by atoms with van der Waals surface area (Å²) >= 11 is 0. The molecule has 0 bridgehead atoms. The fourth-order valence-corrected chi connectivity index (χ4v) is 1.19. The van der Waals surface area contributed by atoms with Crippen LogP contribution in [0.25, 0.3) is 0 Å². The minimum Gasteiger partial charge on any atom is -0.328 e. The Kier molecular flexibility index (Phi) is 5.39. The van der Waals surface area contributed by atoms with Gasteiger partial charge in [-0.25, -0.2) is 9.44 Å². The molecule has 0 aromatic heterocycles. The Morgan fingerprint density at radius 1 is 1.50 bits per heavy atom. The Labute approximate surface area is 73.9 Å². The lowest BCUT2D eigenvalue weighted by Gasteiger charge is -2.08. The lowest BCUT2D eigenvalue weighted by atomic mass is 10.2. The van der Waals surface area contributed by atoms with Crippen molar-refractivity contribution in [1.82, 2.24) is 9.44 Å². The van der Waals surface area contributed by atoms with Crippen LogP contribution in [-0.2, 0) is 10.2 Å². The Bertz CT molecular complexity index is 203. The zero-order valence-electron chi connectivity index (χ0n) is 7.50. The number of hydrogen-bond acceptors (Lipinski definition) is 3. The van der Waals surface area contributed by atoms with Crippen molar-refractivity contribution in [2.75, 3.05) is 13.6 Å². The molecule has 0 saturated carbocycles. The van der Waals surface area contributed by atoms with Gasteiger partial charge in [0, 0.05) is 19.6 Å². The van der Waals surface area contributed by atoms with Crippen molar-refractivity contribution in [1.29, 1.82) is 0 Å². The smallest absolute Gasteiger partial charge is 0.276 e. The maximum Gasteiger partial charge on any atom is 0.276 e. The first-order valence-electron chi connectivity index (χ1n) is 3.95. The van der Waals surface area contributed by atoms with Crippen molar-refractivity contribution in [3.63, 3.8) is 0 Å². The normalized spacial score (nSPS) is 14.6. The highest BCUT2D eigenvalue weighted by molar-refractivity contribution is 7.87. The predicted octanol–water partition coefficient (Wildman–Crippen LogP) is -0.832. The topological polar surface area (TPSA) is 84.2 Å². The zero-order valence-corrected chi connectivity index (χ0v) is 8.32. The highest BCUT2D eigenvalue weighted by Crippen LogP contribution is 1.91. The minimum atomic E-state index is -3.28. The Morgan fingerprint density at radius 3 is 2.50 bits per heavy atom. The fourth-order valence-electron chi connectivity index (χ4n) is 0.655. The second-order valence-electron chi connectivity index (χ2n) is 2.56. The molecule has 0 aliphatic carbocycles. The van der Waals surface area contributed by atoms with Gasteiger partial charge in [0.1, 0.15) is 0 Å². The molecule has 6 heteroatoms. The third-order valence-corrected chi connectivity index (χ3v) is 2.72. The first kappa shape index (κ1) is 11.8. The summed E-state index contributed by atoms with van der Waals surface area (Å²) in [7, 11) is -1.92. The quantitative estimate of drug-likeness (QED) is 0.517. The predicted molar refractivity (Wildman–Crippen MR) is 48.9 cm³/mol. The van der Waals surface area contributed by atoms with Crippen LogP contribution < -0.4 is 15.2 Å². The van der Waals surface area contributed by atoms with Crippen molar-refractivity contribution in [3.05, 3.63) is 0 Å². The van der Waals surface area contributed by atoms with Crippen LogP contribution in [0.5, 0.6) is 0 Å². The van der Waals surface area contributed by atoms with Gasteiger partial charge in [0.25, 0.3) is 10.2 Å². The molecular weight excluding hydrogens is 178 g/mol. The van der Waals surface area contributed by atoms with Crippen LogP contribution in [0.4, 0.5) is 0 Å². The van der Waals surface area contributed by atoms with Gasteiger partial charge in [-0.2, -0.15) is 8.42 Å². The van der Waals surface area contributed by atoms with E-state index in [9.17, 15) is 8.42 Å². The molecule has 0 rings (SSSR count). The van der Waals surface area contributed by atoms with E-state index in [0.717, 1.165) is 6.42 Å². The van der Waals surface area contributed by atoms with Crippen molar-refractivity contribution in [3.8, 4) is 0 Å². The average molecular weight is 195 g/mol. The first-order valence-corrected chi connectivity index (χ1v) is 5.44. The van der Waals surface area contributed by atoms with Crippen LogP contribution in [0.3, 0.4) is 0 Å². The minimum absolute atomic E-state index is 0.0737. The molecule has 0 heterocycles. The molecule has 4 N–H and O–H groups in total. The number of nitrogens with one attached hydrogen (secondary N) is 2. The maximum atomic E-state index is 10.8. The molecule has 0 aliphatic heterocycles. The second-order valence-corrected chi connectivity index (χ2v) is 4.26. The van der Waals surface area contributed by atoms with Crippen LogP contribution in [-0.4, -0.2) is 28.1 Å². The van der Waals surface area contributed by atoms with Gasteiger partial charge < -0.3 is 5.73 Å². The molecule has 0 amide bonds. The Hall–Kier alpha value is -0.170. The summed E-state index contributed by atoms with van der Waals surface area (Å²) in [6.07, 6.45) is 1.53. The monoisotopic (exact) mass is 195 g/mol. The van der Waals surface area contributed by atoms with E-state index in [1.165, 1.54) is 7.05 Å². The highest BCUT2D eigenvalue weighted by Gasteiger charge is 2.05. The summed E-state index contributed by atoms with van der Waals surface area (Å²) in [6, 6.07) is 0.0737. The Balaban J connectivity index is 3.57. The molecule has 0 fully saturated rings. The summed E-state index contributed by atoms with van der Waals surface area (Å²) < 4.78 is 26.1. The molecular formula is C6H17N3O2S. The van der Waals surface area contributed by atoms with E-state index in [-0.39, 0.29) is 6.04 Å². The van der Waals surface area contributed by atoms with Gasteiger partial charge in [-0.3, -0.25) is 0 Å². The van der Waals surface area contributed by atoms with Gasteiger partial charge in [-0.15, -0.1) is 0 Å². The van der Waals surface area contributed by atoms with E-state index >= 15 is 0 Å². The van der Waals surface area contributed by atoms with Crippen molar-refractivity contribution in [2.24, 2.45) is 5.73 Å². The van der Waals surface area contributed by atoms with Crippen LogP contribution in [0.1, 0.15) is 19.8 Å². The van der Waals surface area contributed by atoms with E-state index in [0.29, 0.717) is 13.0 Å². The average Bonchev–Trinajstić information content (AvgIpc) is 2.04. The van der Waals surface area contributed by atoms with Gasteiger partial charge in [0.15, 0.2) is 0 Å². The van der Waals surface area contributed by atoms with Gasteiger partial charge >= 0.3 is 0 Å². The molecule has 0 aromatic rings. The van der Waals surface area contributed by atoms with Crippen LogP contribution in [0.2, 0.25) is 0 Å². The SMILES string of the molecule is CCC(N)CCNS(=O)(=O)NC. The zero-order chi connectivity index (χ0) is 9.61. The van der Waals surface area contributed by atoms with Crippen molar-refractivity contribution in [2.45, 2.75) is 25.8 Å². The molecule has 0 spiro atoms. The van der Waals surface area contributed by atoms with E-state index in [1.807, 2.05) is 6.92 Å². The van der Waals surface area contributed by atoms with Gasteiger partial charge in [0.05, 0.1) is 0 Å². The summed E-state index contributed by atoms with van der Waals surface area (Å²) in [5, 5.41) is 0. The van der Waals surface area contributed by atoms with Crippen molar-refractivity contribution < 1.29 is 8.42 Å². The van der Waals surface area contributed by atoms with Crippen molar-refractivity contribution >= 4 is 10.2 Å². The van der Waals surface area contributed by atoms with E-state index in [1.54, 1.807) is 0 Å². The maximum absolute atomic E-state index is 10.8. The van der Waals surface area contributed by atoms with Gasteiger partial charge in [0.2, 0.25) is 0 Å². The summed E-state index contributed by atoms with van der Waals surface area (Å²) in [4.78, 5) is 0. The van der Waals surface area contributed by atoms with E-state index < -0.39 is 10.2 Å². The molecule has 12 heavy (non-hydrogen) atoms. The lowest BCUT2D eigenvalue weighted by Crippen LogP contribution is -2.36. The van der Waals surface area contributed by atoms with Crippen LogP contribution >= 0.6 is 0 Å². The second kappa shape index (κ2) is 5.47. The number of hydrogen-bond donors (Lipinski definition) is 3. The molecule has 1 atom stereocenters. The van der Waals surface area contributed by atoms with Crippen LogP contribution in [0, 0.1) is 0 Å². The molecule has 74 valence electrons. The molecule has 0 aromatic carbocycles. The largest absolute Gasteiger partial charge is 0.328 e. The van der Waals surface area contributed by atoms with E-state index in [4.69, 9.17) is 5.73 Å². The molecule has 0 saturated heterocycles. The highest BCUT2D eigenvalue weighted by atomic mass is 32.2. The summed E-state index contributed by atoms with van der Waals surface area (Å²) in [5.74, 6) is 0. The Morgan fingerprint density at radius 2 is 2.08 bits per heavy atom. The standard InChI is InChI=1S/C6H17N3O2S/c1-3-6(7)4-5-9-12(10,11)8-2/h6,8-9H,3-5,7H2,1-2H3. The summed E-state index contributed by atoms with van der Waals surface area (Å²) in [5.41, 5.74) is 5.59. The number of nitrogens with two attached hydrogens (primary N) is 1. The summed E-state index contributed by atoms with van der Waals surface area (Å²) in [6.45, 7) is 2.36. The van der Waals surface area contributed by atoms with Gasteiger partial charge in [-0.05, 0) is 12.8 Å². The molecule has 0 aliphatic rings. The third-order valence-electron chi connectivity index (χ3n) is 1.60. The number of rotatable bonds is 6. The molecule has 1 unspecified atom stereocenters. The molecule has 0 radical (unpaired) electrons. The molecule has 5 nitrogen and oxygen atoms in total. The van der Waals surface area contributed by atoms with E-state index in [2.05, 4.69) is 9.44 Å². The fraction of sp³-hybridized carbons (Fsp3) is 1.00. The van der Waals surface area contributed by atoms with Crippen LogP contribution in [0.15, 0.2) is 0 Å². The first-order chi connectivity index (χ1) is 5.52.